The highest BCUT2D eigenvalue weighted by atomic mass is 32.1. The Balaban J connectivity index is 1.36. The molecule has 5 aromatic rings. The van der Waals surface area contributed by atoms with Crippen LogP contribution < -0.4 is 15.2 Å². The largest absolute Gasteiger partial charge is 0.510 e. The fourth-order valence-corrected chi connectivity index (χ4v) is 8.01. The first kappa shape index (κ1) is 29.9. The van der Waals surface area contributed by atoms with Gasteiger partial charge in [0.15, 0.2) is 5.69 Å². The standard InChI is InChI=1S/C36H28FN3O7S/c1-44-36(43)47-20-46-33-28(41)13-14-39-32(33)35(42)38-15-16-45-19-30(38)40(39)31-23-9-5-6-10-25(23)34-27(26-17-22(37)11-12-24(26)31)18-29(48-34)21-7-3-2-4-8-21/h2-14,17-18,30-31H,15-16,19-20H2,1H3/t30-,31-/m1/s1. The topological polar surface area (TPSA) is 99.5 Å². The number of fused-ring (bicyclic) bond motifs is 7. The van der Waals surface area contributed by atoms with Gasteiger partial charge >= 0.3 is 6.16 Å². The molecular weight excluding hydrogens is 637 g/mol. The van der Waals surface area contributed by atoms with E-state index in [9.17, 15) is 14.4 Å². The summed E-state index contributed by atoms with van der Waals surface area (Å²) < 4.78 is 37.8. The highest BCUT2D eigenvalue weighted by Crippen LogP contribution is 2.52. The van der Waals surface area contributed by atoms with Crippen LogP contribution in [-0.4, -0.2) is 61.5 Å². The number of halogens is 1. The molecule has 12 heteroatoms. The van der Waals surface area contributed by atoms with Crippen LogP contribution >= 0.6 is 11.3 Å². The summed E-state index contributed by atoms with van der Waals surface area (Å²) in [5.74, 6) is -1.08. The van der Waals surface area contributed by atoms with Crippen molar-refractivity contribution in [2.24, 2.45) is 0 Å². The van der Waals surface area contributed by atoms with Crippen LogP contribution in [0, 0.1) is 5.82 Å². The zero-order chi connectivity index (χ0) is 32.9. The number of ether oxygens (including phenoxy) is 4. The van der Waals surface area contributed by atoms with E-state index in [1.165, 1.54) is 18.3 Å². The van der Waals surface area contributed by atoms with Crippen molar-refractivity contribution >= 4 is 23.4 Å². The Hall–Kier alpha value is -5.46. The third-order valence-electron chi connectivity index (χ3n) is 8.86. The minimum absolute atomic E-state index is 0.0272. The maximum atomic E-state index is 15.2. The summed E-state index contributed by atoms with van der Waals surface area (Å²) in [6.07, 6.45) is -0.0505. The number of morpholine rings is 1. The smallest absolute Gasteiger partial charge is 0.451 e. The number of thiophene rings is 1. The number of hydrogen-bond acceptors (Lipinski definition) is 9. The van der Waals surface area contributed by atoms with Crippen molar-refractivity contribution in [3.8, 4) is 37.8 Å². The van der Waals surface area contributed by atoms with Gasteiger partial charge in [0.05, 0.1) is 26.4 Å². The van der Waals surface area contributed by atoms with E-state index in [1.54, 1.807) is 33.0 Å². The molecule has 2 aromatic heterocycles. The molecule has 242 valence electrons. The molecule has 48 heavy (non-hydrogen) atoms. The molecule has 0 radical (unpaired) electrons. The minimum Gasteiger partial charge on any atom is -0.451 e. The molecule has 3 aliphatic rings. The number of methoxy groups -OCH3 is 1. The first-order chi connectivity index (χ1) is 23.4. The monoisotopic (exact) mass is 665 g/mol. The number of pyridine rings is 1. The highest BCUT2D eigenvalue weighted by molar-refractivity contribution is 7.19. The van der Waals surface area contributed by atoms with Crippen LogP contribution in [0.1, 0.15) is 27.7 Å². The van der Waals surface area contributed by atoms with Gasteiger partial charge < -0.3 is 23.8 Å². The van der Waals surface area contributed by atoms with Crippen molar-refractivity contribution in [1.29, 1.82) is 0 Å². The molecule has 2 atom stereocenters. The van der Waals surface area contributed by atoms with E-state index in [-0.39, 0.29) is 30.4 Å². The summed E-state index contributed by atoms with van der Waals surface area (Å²) in [6, 6.07) is 25.7. The SMILES string of the molecule is COC(=O)OCOc1c2n(ccc1=O)N([C@H]1c3ccc(F)cc3-c3cc(-c4ccccc4)sc3-c3ccccc31)[C@@H]1COCCN1C2=O. The van der Waals surface area contributed by atoms with Crippen molar-refractivity contribution in [2.75, 3.05) is 38.7 Å². The van der Waals surface area contributed by atoms with Crippen LogP contribution in [0.2, 0.25) is 0 Å². The maximum Gasteiger partial charge on any atom is 0.510 e. The van der Waals surface area contributed by atoms with Crippen molar-refractivity contribution in [3.05, 3.63) is 124 Å². The Labute approximate surface area is 278 Å². The Kier molecular flexibility index (Phi) is 7.46. The van der Waals surface area contributed by atoms with Gasteiger partial charge in [0, 0.05) is 34.1 Å². The number of aromatic nitrogens is 1. The molecule has 2 aliphatic heterocycles. The average molecular weight is 666 g/mol. The predicted molar refractivity (Wildman–Crippen MR) is 176 cm³/mol. The summed E-state index contributed by atoms with van der Waals surface area (Å²) in [4.78, 5) is 42.7. The van der Waals surface area contributed by atoms with E-state index in [4.69, 9.17) is 14.2 Å². The number of hydrogen-bond donors (Lipinski definition) is 0. The zero-order valence-electron chi connectivity index (χ0n) is 25.6. The lowest BCUT2D eigenvalue weighted by atomic mass is 9.92. The number of nitrogens with zero attached hydrogens (tertiary/aromatic N) is 3. The molecule has 0 spiro atoms. The van der Waals surface area contributed by atoms with E-state index in [0.717, 1.165) is 50.2 Å². The van der Waals surface area contributed by atoms with Gasteiger partial charge in [-0.1, -0.05) is 60.7 Å². The first-order valence-corrected chi connectivity index (χ1v) is 16.1. The van der Waals surface area contributed by atoms with Crippen LogP contribution in [0.3, 0.4) is 0 Å². The van der Waals surface area contributed by atoms with Crippen LogP contribution in [0.15, 0.2) is 95.9 Å². The van der Waals surface area contributed by atoms with Gasteiger partial charge in [-0.15, -0.1) is 11.3 Å². The molecule has 0 saturated carbocycles. The van der Waals surface area contributed by atoms with Crippen LogP contribution in [0.4, 0.5) is 9.18 Å². The number of rotatable bonds is 5. The lowest BCUT2D eigenvalue weighted by molar-refractivity contribution is -0.0208. The molecule has 1 saturated heterocycles. The molecule has 0 N–H and O–H groups in total. The van der Waals surface area contributed by atoms with Gasteiger partial charge in [-0.2, -0.15) is 0 Å². The van der Waals surface area contributed by atoms with Gasteiger partial charge in [0.2, 0.25) is 18.0 Å². The summed E-state index contributed by atoms with van der Waals surface area (Å²) in [7, 11) is 1.15. The fraction of sp³-hybridized carbons (Fsp3) is 0.194. The second kappa shape index (κ2) is 12.0. The van der Waals surface area contributed by atoms with E-state index in [2.05, 4.69) is 29.0 Å². The minimum atomic E-state index is -0.997. The number of benzene rings is 3. The lowest BCUT2D eigenvalue weighted by Gasteiger charge is -2.51. The van der Waals surface area contributed by atoms with Gasteiger partial charge in [-0.3, -0.25) is 19.3 Å². The van der Waals surface area contributed by atoms with Gasteiger partial charge in [-0.05, 0) is 46.0 Å². The quantitative estimate of drug-likeness (QED) is 0.166. The molecule has 1 fully saturated rings. The van der Waals surface area contributed by atoms with Crippen LogP contribution in [-0.2, 0) is 14.2 Å². The van der Waals surface area contributed by atoms with E-state index < -0.39 is 36.5 Å². The van der Waals surface area contributed by atoms with Crippen molar-refractivity contribution < 1.29 is 32.9 Å². The molecule has 0 bridgehead atoms. The molecule has 4 heterocycles. The summed E-state index contributed by atoms with van der Waals surface area (Å²) >= 11 is 1.64. The maximum absolute atomic E-state index is 15.2. The lowest BCUT2D eigenvalue weighted by Crippen LogP contribution is -2.66. The molecular formula is C36H28FN3O7S. The molecule has 1 amide bonds. The van der Waals surface area contributed by atoms with Crippen LogP contribution in [0.25, 0.3) is 32.0 Å². The summed E-state index contributed by atoms with van der Waals surface area (Å²) in [5, 5.41) is 1.99. The Bertz CT molecular complexity index is 2130. The van der Waals surface area contributed by atoms with Crippen molar-refractivity contribution in [1.82, 2.24) is 9.58 Å². The van der Waals surface area contributed by atoms with Gasteiger partial charge in [-0.25, -0.2) is 9.18 Å². The molecule has 3 aromatic carbocycles. The third kappa shape index (κ3) is 4.83. The highest BCUT2D eigenvalue weighted by Gasteiger charge is 2.46. The number of amides is 1. The van der Waals surface area contributed by atoms with E-state index in [0.29, 0.717) is 6.61 Å². The fourth-order valence-electron chi connectivity index (χ4n) is 6.79. The Morgan fingerprint density at radius 2 is 1.75 bits per heavy atom. The summed E-state index contributed by atoms with van der Waals surface area (Å²) in [5.41, 5.74) is 4.79. The van der Waals surface area contributed by atoms with Crippen molar-refractivity contribution in [3.63, 3.8) is 0 Å². The van der Waals surface area contributed by atoms with E-state index in [1.807, 2.05) is 41.4 Å². The predicted octanol–water partition coefficient (Wildman–Crippen LogP) is 6.02. The second-order valence-electron chi connectivity index (χ2n) is 11.4. The Morgan fingerprint density at radius 3 is 2.58 bits per heavy atom. The molecule has 8 rings (SSSR count). The third-order valence-corrected chi connectivity index (χ3v) is 10.1. The second-order valence-corrected chi connectivity index (χ2v) is 12.5. The molecule has 0 unspecified atom stereocenters. The number of carbonyl (C=O) groups excluding carboxylic acids is 2. The normalized spacial score (nSPS) is 17.7. The molecule has 1 aliphatic carbocycles. The first-order valence-electron chi connectivity index (χ1n) is 15.3. The Morgan fingerprint density at radius 1 is 0.958 bits per heavy atom. The summed E-state index contributed by atoms with van der Waals surface area (Å²) in [6.45, 7) is 0.113. The number of carbonyl (C=O) groups is 2. The molecule has 10 nitrogen and oxygen atoms in total. The van der Waals surface area contributed by atoms with Crippen molar-refractivity contribution in [2.45, 2.75) is 12.2 Å². The zero-order valence-corrected chi connectivity index (χ0v) is 26.4. The van der Waals surface area contributed by atoms with Gasteiger partial charge in [0.1, 0.15) is 12.0 Å². The van der Waals surface area contributed by atoms with Crippen LogP contribution in [0.5, 0.6) is 5.75 Å². The average Bonchev–Trinajstić information content (AvgIpc) is 3.53. The van der Waals surface area contributed by atoms with Gasteiger partial charge in [0.25, 0.3) is 5.91 Å². The van der Waals surface area contributed by atoms with E-state index >= 15 is 4.39 Å².